The van der Waals surface area contributed by atoms with Gasteiger partial charge >= 0.3 is 11.8 Å². The molecule has 0 fully saturated rings. The van der Waals surface area contributed by atoms with Crippen LogP contribution in [-0.4, -0.2) is 29.1 Å². The number of H-pyrrole nitrogens is 1. The predicted molar refractivity (Wildman–Crippen MR) is 105 cm³/mol. The standard InChI is InChI=1S/C20H20N4O5/c1-12(25)14-5-7-15(8-6-14)21-19(26)22-17(18-23-20(27)29-24-18)11-13-3-9-16(28-2)10-4-13/h3-10,17H,11H2,1-2H3,(H2,21,22,26)(H,23,24,27). The fourth-order valence-corrected chi connectivity index (χ4v) is 2.72. The highest BCUT2D eigenvalue weighted by molar-refractivity contribution is 5.95. The lowest BCUT2D eigenvalue weighted by molar-refractivity contribution is 0.101. The number of carbonyl (C=O) groups excluding carboxylic acids is 2. The zero-order valence-corrected chi connectivity index (χ0v) is 15.9. The van der Waals surface area contributed by atoms with Gasteiger partial charge in [0.2, 0.25) is 0 Å². The number of hydrogen-bond acceptors (Lipinski definition) is 6. The van der Waals surface area contributed by atoms with Gasteiger partial charge in [-0.3, -0.25) is 14.3 Å². The lowest BCUT2D eigenvalue weighted by Crippen LogP contribution is -2.34. The summed E-state index contributed by atoms with van der Waals surface area (Å²) in [6.45, 7) is 1.47. The van der Waals surface area contributed by atoms with Crippen LogP contribution in [0.2, 0.25) is 0 Å². The maximum absolute atomic E-state index is 12.5. The number of carbonyl (C=O) groups is 2. The number of aromatic amines is 1. The van der Waals surface area contributed by atoms with Crippen molar-refractivity contribution in [3.63, 3.8) is 0 Å². The van der Waals surface area contributed by atoms with Crippen LogP contribution in [0.5, 0.6) is 5.75 Å². The number of hydrogen-bond donors (Lipinski definition) is 3. The largest absolute Gasteiger partial charge is 0.497 e. The van der Waals surface area contributed by atoms with Gasteiger partial charge in [-0.1, -0.05) is 17.3 Å². The first-order valence-corrected chi connectivity index (χ1v) is 8.82. The Morgan fingerprint density at radius 3 is 2.38 bits per heavy atom. The molecule has 3 rings (SSSR count). The van der Waals surface area contributed by atoms with Gasteiger partial charge in [-0.25, -0.2) is 9.59 Å². The van der Waals surface area contributed by atoms with Crippen LogP contribution in [0.1, 0.15) is 34.7 Å². The SMILES string of the molecule is COc1ccc(CC(NC(=O)Nc2ccc(C(C)=O)cc2)c2noc(=O)[nH]2)cc1. The number of Topliss-reactive ketones (excluding diaryl/α,β-unsaturated/α-hetero) is 1. The van der Waals surface area contributed by atoms with Crippen molar-refractivity contribution in [1.82, 2.24) is 15.5 Å². The van der Waals surface area contributed by atoms with Crippen LogP contribution < -0.4 is 21.1 Å². The molecular formula is C20H20N4O5. The van der Waals surface area contributed by atoms with Gasteiger partial charge in [-0.05, 0) is 48.9 Å². The predicted octanol–water partition coefficient (Wildman–Crippen LogP) is 2.68. The van der Waals surface area contributed by atoms with E-state index in [0.29, 0.717) is 23.4 Å². The molecule has 2 aromatic carbocycles. The minimum atomic E-state index is -0.707. The highest BCUT2D eigenvalue weighted by atomic mass is 16.5. The first-order valence-electron chi connectivity index (χ1n) is 8.82. The van der Waals surface area contributed by atoms with E-state index in [-0.39, 0.29) is 11.6 Å². The van der Waals surface area contributed by atoms with Gasteiger partial charge < -0.3 is 15.4 Å². The molecule has 9 heteroatoms. The van der Waals surface area contributed by atoms with E-state index in [4.69, 9.17) is 4.74 Å². The monoisotopic (exact) mass is 396 g/mol. The molecule has 1 atom stereocenters. The summed E-state index contributed by atoms with van der Waals surface area (Å²) in [6.07, 6.45) is 0.364. The number of nitrogens with one attached hydrogen (secondary N) is 3. The number of rotatable bonds is 7. The second-order valence-electron chi connectivity index (χ2n) is 6.32. The summed E-state index contributed by atoms with van der Waals surface area (Å²) in [6, 6.07) is 12.7. The van der Waals surface area contributed by atoms with Crippen LogP contribution in [-0.2, 0) is 6.42 Å². The van der Waals surface area contributed by atoms with Gasteiger partial charge in [0.15, 0.2) is 11.6 Å². The molecule has 0 bridgehead atoms. The molecule has 1 heterocycles. The fraction of sp³-hybridized carbons (Fsp3) is 0.200. The third-order valence-electron chi connectivity index (χ3n) is 4.24. The molecule has 150 valence electrons. The third-order valence-corrected chi connectivity index (χ3v) is 4.24. The number of urea groups is 1. The molecule has 0 saturated carbocycles. The Hall–Kier alpha value is -3.88. The topological polar surface area (TPSA) is 126 Å². The van der Waals surface area contributed by atoms with Gasteiger partial charge in [-0.2, -0.15) is 0 Å². The number of ether oxygens (including phenoxy) is 1. The Balaban J connectivity index is 1.72. The summed E-state index contributed by atoms with van der Waals surface area (Å²) in [5.41, 5.74) is 1.96. The number of methoxy groups -OCH3 is 1. The Morgan fingerprint density at radius 1 is 1.14 bits per heavy atom. The second-order valence-corrected chi connectivity index (χ2v) is 6.32. The van der Waals surface area contributed by atoms with Crippen molar-refractivity contribution < 1.29 is 18.8 Å². The van der Waals surface area contributed by atoms with Gasteiger partial charge in [-0.15, -0.1) is 0 Å². The Kier molecular flexibility index (Phi) is 6.08. The lowest BCUT2D eigenvalue weighted by Gasteiger charge is -2.17. The molecule has 9 nitrogen and oxygen atoms in total. The first kappa shape index (κ1) is 19.9. The summed E-state index contributed by atoms with van der Waals surface area (Å²) < 4.78 is 9.71. The highest BCUT2D eigenvalue weighted by Crippen LogP contribution is 2.18. The maximum Gasteiger partial charge on any atom is 0.438 e. The van der Waals surface area contributed by atoms with Crippen molar-refractivity contribution in [1.29, 1.82) is 0 Å². The minimum Gasteiger partial charge on any atom is -0.497 e. The van der Waals surface area contributed by atoms with E-state index in [0.717, 1.165) is 5.56 Å². The molecule has 0 aliphatic carbocycles. The Bertz CT molecular complexity index is 1040. The molecule has 3 aromatic rings. The van der Waals surface area contributed by atoms with Crippen LogP contribution in [0, 0.1) is 0 Å². The zero-order valence-electron chi connectivity index (χ0n) is 15.9. The molecular weight excluding hydrogens is 376 g/mol. The number of nitrogens with zero attached hydrogens (tertiary/aromatic N) is 1. The number of amides is 2. The lowest BCUT2D eigenvalue weighted by atomic mass is 10.1. The number of ketones is 1. The Morgan fingerprint density at radius 2 is 1.83 bits per heavy atom. The smallest absolute Gasteiger partial charge is 0.438 e. The molecule has 1 unspecified atom stereocenters. The third kappa shape index (κ3) is 5.32. The van der Waals surface area contributed by atoms with Crippen molar-refractivity contribution in [3.8, 4) is 5.75 Å². The molecule has 2 amide bonds. The number of aromatic nitrogens is 2. The molecule has 29 heavy (non-hydrogen) atoms. The van der Waals surface area contributed by atoms with Gasteiger partial charge in [0.05, 0.1) is 13.2 Å². The van der Waals surface area contributed by atoms with Gasteiger partial charge in [0.25, 0.3) is 0 Å². The Labute approximate surface area is 166 Å². The van der Waals surface area contributed by atoms with Crippen LogP contribution in [0.3, 0.4) is 0 Å². The van der Waals surface area contributed by atoms with Crippen LogP contribution in [0.4, 0.5) is 10.5 Å². The van der Waals surface area contributed by atoms with E-state index in [1.54, 1.807) is 43.5 Å². The molecule has 0 saturated heterocycles. The molecule has 0 radical (unpaired) electrons. The molecule has 1 aromatic heterocycles. The van der Waals surface area contributed by atoms with E-state index in [2.05, 4.69) is 25.3 Å². The minimum absolute atomic E-state index is 0.0597. The van der Waals surface area contributed by atoms with E-state index in [1.165, 1.54) is 6.92 Å². The van der Waals surface area contributed by atoms with E-state index < -0.39 is 17.8 Å². The first-order chi connectivity index (χ1) is 13.9. The zero-order chi connectivity index (χ0) is 20.8. The molecule has 0 aliphatic rings. The average molecular weight is 396 g/mol. The van der Waals surface area contributed by atoms with Crippen molar-refractivity contribution >= 4 is 17.5 Å². The fourth-order valence-electron chi connectivity index (χ4n) is 2.72. The molecule has 3 N–H and O–H groups in total. The quantitative estimate of drug-likeness (QED) is 0.527. The van der Waals surface area contributed by atoms with E-state index in [9.17, 15) is 14.4 Å². The highest BCUT2D eigenvalue weighted by Gasteiger charge is 2.20. The molecule has 0 aliphatic heterocycles. The van der Waals surface area contributed by atoms with E-state index in [1.807, 2.05) is 12.1 Å². The summed E-state index contributed by atoms with van der Waals surface area (Å²) in [7, 11) is 1.58. The van der Waals surface area contributed by atoms with Crippen LogP contribution in [0.15, 0.2) is 57.8 Å². The van der Waals surface area contributed by atoms with Crippen molar-refractivity contribution in [2.75, 3.05) is 12.4 Å². The van der Waals surface area contributed by atoms with Gasteiger partial charge in [0.1, 0.15) is 5.75 Å². The molecule has 0 spiro atoms. The van der Waals surface area contributed by atoms with Crippen molar-refractivity contribution in [2.45, 2.75) is 19.4 Å². The summed E-state index contributed by atoms with van der Waals surface area (Å²) in [5, 5.41) is 9.15. The maximum atomic E-state index is 12.5. The average Bonchev–Trinajstić information content (AvgIpc) is 3.15. The van der Waals surface area contributed by atoms with Crippen LogP contribution >= 0.6 is 0 Å². The van der Waals surface area contributed by atoms with E-state index >= 15 is 0 Å². The van der Waals surface area contributed by atoms with Crippen molar-refractivity contribution in [3.05, 3.63) is 76.0 Å². The van der Waals surface area contributed by atoms with Crippen LogP contribution in [0.25, 0.3) is 0 Å². The van der Waals surface area contributed by atoms with Crippen molar-refractivity contribution in [2.24, 2.45) is 0 Å². The number of anilines is 1. The summed E-state index contributed by atoms with van der Waals surface area (Å²) in [4.78, 5) is 37.6. The number of benzene rings is 2. The summed E-state index contributed by atoms with van der Waals surface area (Å²) >= 11 is 0. The summed E-state index contributed by atoms with van der Waals surface area (Å²) in [5.74, 6) is 0.144. The second kappa shape index (κ2) is 8.87. The normalized spacial score (nSPS) is 11.5. The van der Waals surface area contributed by atoms with Gasteiger partial charge in [0, 0.05) is 17.7 Å².